The third kappa shape index (κ3) is 3.24. The molecule has 0 unspecified atom stereocenters. The molecule has 142 valence electrons. The molecule has 6 nitrogen and oxygen atoms in total. The molecule has 2 aliphatic rings. The second kappa shape index (κ2) is 7.02. The first-order valence-corrected chi connectivity index (χ1v) is 9.63. The van der Waals surface area contributed by atoms with Gasteiger partial charge in [0.15, 0.2) is 11.6 Å². The molecule has 2 heterocycles. The fraction of sp³-hybridized carbons (Fsp3) is 0.400. The number of para-hydroxylation sites is 1. The summed E-state index contributed by atoms with van der Waals surface area (Å²) in [4.78, 5) is 21.0. The van der Waals surface area contributed by atoms with E-state index in [-0.39, 0.29) is 12.0 Å². The molecule has 0 saturated heterocycles. The van der Waals surface area contributed by atoms with E-state index in [0.717, 1.165) is 48.6 Å². The molecule has 7 heteroatoms. The number of carbonyl (C=O) groups excluding carboxylic acids is 1. The number of carbonyl (C=O) groups is 1. The van der Waals surface area contributed by atoms with Crippen LogP contribution in [0, 0.1) is 11.6 Å². The van der Waals surface area contributed by atoms with Crippen molar-refractivity contribution in [3.05, 3.63) is 41.0 Å². The average molecular weight is 388 g/mol. The van der Waals surface area contributed by atoms with Crippen LogP contribution in [0.3, 0.4) is 0 Å². The molecule has 2 aromatic rings. The Morgan fingerprint density at radius 3 is 2.63 bits per heavy atom. The minimum Gasteiger partial charge on any atom is -0.393 e. The number of hydrogen-bond donors (Lipinski definition) is 2. The Morgan fingerprint density at radius 2 is 1.89 bits per heavy atom. The SMILES string of the molecule is CN1C(=O)c2cccc([ClH+])c2N(C)c2cc(NC3CCC(O)CC3)ncc21. The summed E-state index contributed by atoms with van der Waals surface area (Å²) < 4.78 is 0. The van der Waals surface area contributed by atoms with Gasteiger partial charge in [0.05, 0.1) is 29.2 Å². The average Bonchev–Trinajstić information content (AvgIpc) is 2.74. The number of anilines is 4. The van der Waals surface area contributed by atoms with Gasteiger partial charge in [-0.25, -0.2) is 4.98 Å². The number of aliphatic hydroxyl groups is 1. The number of amides is 1. The number of pyridine rings is 1. The van der Waals surface area contributed by atoms with Crippen LogP contribution in [0.25, 0.3) is 0 Å². The second-order valence-corrected chi connectivity index (χ2v) is 7.72. The first kappa shape index (κ1) is 18.1. The molecule has 1 aromatic heterocycles. The Labute approximate surface area is 163 Å². The number of nitrogens with zero attached hydrogens (tertiary/aromatic N) is 3. The summed E-state index contributed by atoms with van der Waals surface area (Å²) in [6.45, 7) is 0. The highest BCUT2D eigenvalue weighted by Crippen LogP contribution is 2.41. The van der Waals surface area contributed by atoms with E-state index >= 15 is 0 Å². The predicted molar refractivity (Wildman–Crippen MR) is 104 cm³/mol. The summed E-state index contributed by atoms with van der Waals surface area (Å²) in [5.41, 5.74) is 2.98. The summed E-state index contributed by atoms with van der Waals surface area (Å²) in [6, 6.07) is 7.75. The Bertz CT molecular complexity index is 880. The van der Waals surface area contributed by atoms with Crippen molar-refractivity contribution in [1.82, 2.24) is 4.98 Å². The second-order valence-electron chi connectivity index (χ2n) is 7.28. The molecule has 27 heavy (non-hydrogen) atoms. The van der Waals surface area contributed by atoms with E-state index < -0.39 is 0 Å². The van der Waals surface area contributed by atoms with Crippen LogP contribution in [0.5, 0.6) is 0 Å². The number of halogens is 1. The van der Waals surface area contributed by atoms with Crippen LogP contribution in [0.4, 0.5) is 22.9 Å². The van der Waals surface area contributed by atoms with Gasteiger partial charge in [0.25, 0.3) is 5.91 Å². The molecule has 4 rings (SSSR count). The zero-order valence-electron chi connectivity index (χ0n) is 15.5. The lowest BCUT2D eigenvalue weighted by Gasteiger charge is -2.27. The van der Waals surface area contributed by atoms with Crippen LogP contribution in [-0.2, 0) is 0 Å². The molecule has 0 radical (unpaired) electrons. The number of aliphatic hydroxyl groups excluding tert-OH is 1. The van der Waals surface area contributed by atoms with E-state index in [4.69, 9.17) is 11.6 Å². The number of rotatable bonds is 2. The molecular weight excluding hydrogens is 364 g/mol. The van der Waals surface area contributed by atoms with E-state index in [1.54, 1.807) is 18.1 Å². The number of fused-ring (bicyclic) bond motifs is 2. The van der Waals surface area contributed by atoms with Crippen molar-refractivity contribution in [3.8, 4) is 0 Å². The first-order valence-electron chi connectivity index (χ1n) is 9.22. The van der Waals surface area contributed by atoms with Crippen LogP contribution in [0.1, 0.15) is 36.0 Å². The number of nitrogens with one attached hydrogen (secondary N) is 1. The van der Waals surface area contributed by atoms with E-state index in [1.165, 1.54) is 0 Å². The molecule has 0 bridgehead atoms. The van der Waals surface area contributed by atoms with Gasteiger partial charge in [-0.3, -0.25) is 4.79 Å². The van der Waals surface area contributed by atoms with Crippen LogP contribution >= 0.6 is 0 Å². The number of aromatic nitrogens is 1. The molecule has 1 aromatic carbocycles. The maximum atomic E-state index is 12.9. The molecule has 1 fully saturated rings. The number of hydrogen-bond acceptors (Lipinski definition) is 5. The van der Waals surface area contributed by atoms with Crippen molar-refractivity contribution < 1.29 is 21.5 Å². The predicted octanol–water partition coefficient (Wildman–Crippen LogP) is 2.85. The van der Waals surface area contributed by atoms with E-state index in [1.807, 2.05) is 36.2 Å². The lowest BCUT2D eigenvalue weighted by atomic mass is 9.93. The highest BCUT2D eigenvalue weighted by atomic mass is 35.5. The van der Waals surface area contributed by atoms with Crippen molar-refractivity contribution in [2.45, 2.75) is 37.8 Å². The summed E-state index contributed by atoms with van der Waals surface area (Å²) in [5.74, 6) is 0.680. The molecule has 1 aliphatic heterocycles. The third-order valence-corrected chi connectivity index (χ3v) is 5.83. The van der Waals surface area contributed by atoms with Crippen LogP contribution in [-0.4, -0.2) is 42.2 Å². The topological polar surface area (TPSA) is 68.7 Å². The maximum absolute atomic E-state index is 12.9. The quantitative estimate of drug-likeness (QED) is 0.829. The standard InChI is InChI=1S/C20H24ClN4O2/c1-24-16-10-18(23-12-6-8-13(26)9-7-12)22-11-17(16)25(2)20(27)14-4-3-5-15(21)19(14)24/h3-5,10-13,21,26H,6-9H2,1-2H3,(H,22,23)/q+1. The van der Waals surface area contributed by atoms with Gasteiger partial charge in [-0.15, -0.1) is 0 Å². The Hall–Kier alpha value is -2.31. The van der Waals surface area contributed by atoms with E-state index in [2.05, 4.69) is 10.3 Å². The van der Waals surface area contributed by atoms with Gasteiger partial charge in [-0.05, 0) is 31.7 Å². The third-order valence-electron chi connectivity index (χ3n) is 5.50. The minimum absolute atomic E-state index is 0.0916. The monoisotopic (exact) mass is 387 g/mol. The van der Waals surface area contributed by atoms with Crippen molar-refractivity contribution in [1.29, 1.82) is 0 Å². The van der Waals surface area contributed by atoms with E-state index in [0.29, 0.717) is 16.6 Å². The Morgan fingerprint density at radius 1 is 1.15 bits per heavy atom. The van der Waals surface area contributed by atoms with Gasteiger partial charge in [0, 0.05) is 32.3 Å². The van der Waals surface area contributed by atoms with Gasteiger partial charge in [0.2, 0.25) is 5.02 Å². The lowest BCUT2D eigenvalue weighted by molar-refractivity contribution is -0.287. The van der Waals surface area contributed by atoms with Gasteiger partial charge < -0.3 is 20.2 Å². The Kier molecular flexibility index (Phi) is 4.70. The summed E-state index contributed by atoms with van der Waals surface area (Å²) >= 11 is 5.50. The van der Waals surface area contributed by atoms with Crippen molar-refractivity contribution in [3.63, 3.8) is 0 Å². The van der Waals surface area contributed by atoms with Gasteiger partial charge in [-0.2, -0.15) is 0 Å². The highest BCUT2D eigenvalue weighted by Gasteiger charge is 2.31. The van der Waals surface area contributed by atoms with Gasteiger partial charge in [0.1, 0.15) is 11.5 Å². The fourth-order valence-electron chi connectivity index (χ4n) is 3.92. The van der Waals surface area contributed by atoms with Crippen molar-refractivity contribution in [2.75, 3.05) is 29.2 Å². The van der Waals surface area contributed by atoms with Crippen molar-refractivity contribution in [2.24, 2.45) is 0 Å². The smallest absolute Gasteiger partial charge is 0.260 e. The van der Waals surface area contributed by atoms with Gasteiger partial charge in [-0.1, -0.05) is 6.07 Å². The van der Waals surface area contributed by atoms with Gasteiger partial charge >= 0.3 is 0 Å². The molecular formula is C20H24ClN4O2+. The largest absolute Gasteiger partial charge is 0.393 e. The van der Waals surface area contributed by atoms with Crippen LogP contribution in [0.15, 0.2) is 30.5 Å². The summed E-state index contributed by atoms with van der Waals surface area (Å²) in [7, 11) is 3.69. The van der Waals surface area contributed by atoms with Crippen LogP contribution in [0.2, 0.25) is 5.02 Å². The molecule has 0 atom stereocenters. The zero-order chi connectivity index (χ0) is 19.1. The summed E-state index contributed by atoms with van der Waals surface area (Å²) in [5, 5.41) is 13.8. The normalized spacial score (nSPS) is 22.1. The lowest BCUT2D eigenvalue weighted by Crippen LogP contribution is -2.29. The van der Waals surface area contributed by atoms with Crippen molar-refractivity contribution >= 4 is 28.8 Å². The molecule has 1 aliphatic carbocycles. The fourth-order valence-corrected chi connectivity index (χ4v) is 4.25. The summed E-state index contributed by atoms with van der Waals surface area (Å²) in [6.07, 6.45) is 5.02. The molecule has 1 saturated carbocycles. The minimum atomic E-state index is -0.184. The zero-order valence-corrected chi connectivity index (χ0v) is 16.3. The Balaban J connectivity index is 1.71. The molecule has 1 amide bonds. The highest BCUT2D eigenvalue weighted by molar-refractivity contribution is 6.14. The van der Waals surface area contributed by atoms with E-state index in [9.17, 15) is 9.90 Å². The number of benzene rings is 1. The molecule has 2 N–H and O–H groups in total. The van der Waals surface area contributed by atoms with Crippen LogP contribution < -0.4 is 15.1 Å². The first-order chi connectivity index (χ1) is 13.0. The molecule has 0 spiro atoms. The maximum Gasteiger partial charge on any atom is 0.260 e.